The zero-order valence-corrected chi connectivity index (χ0v) is 23.8. The van der Waals surface area contributed by atoms with Crippen LogP contribution >= 0.6 is 11.6 Å². The zero-order chi connectivity index (χ0) is 28.1. The van der Waals surface area contributed by atoms with Gasteiger partial charge in [0.05, 0.1) is 6.20 Å². The van der Waals surface area contributed by atoms with E-state index in [4.69, 9.17) is 16.3 Å². The Labute approximate surface area is 238 Å². The number of rotatable bonds is 11. The summed E-state index contributed by atoms with van der Waals surface area (Å²) in [5.74, 6) is 0.903. The molecule has 5 aromatic rings. The Hall–Kier alpha value is -4.44. The number of hydrogen-bond acceptors (Lipinski definition) is 9. The number of benzene rings is 3. The molecule has 0 aliphatic heterocycles. The van der Waals surface area contributed by atoms with Crippen LogP contribution in [0.5, 0.6) is 6.01 Å². The van der Waals surface area contributed by atoms with Gasteiger partial charge in [0.25, 0.3) is 0 Å². The monoisotopic (exact) mass is 557 g/mol. The van der Waals surface area contributed by atoms with Crippen molar-refractivity contribution < 1.29 is 4.74 Å². The van der Waals surface area contributed by atoms with E-state index in [0.717, 1.165) is 57.8 Å². The van der Waals surface area contributed by atoms with Crippen LogP contribution in [-0.2, 0) is 13.2 Å². The molecule has 0 fully saturated rings. The first-order chi connectivity index (χ1) is 19.4. The van der Waals surface area contributed by atoms with Gasteiger partial charge >= 0.3 is 6.01 Å². The fourth-order valence-corrected chi connectivity index (χ4v) is 4.50. The molecule has 0 radical (unpaired) electrons. The molecule has 2 aromatic heterocycles. The summed E-state index contributed by atoms with van der Waals surface area (Å²) in [6.45, 7) is 5.79. The Morgan fingerprint density at radius 1 is 0.975 bits per heavy atom. The van der Waals surface area contributed by atoms with E-state index in [9.17, 15) is 0 Å². The highest BCUT2D eigenvalue weighted by atomic mass is 35.5. The predicted molar refractivity (Wildman–Crippen MR) is 160 cm³/mol. The van der Waals surface area contributed by atoms with E-state index in [0.29, 0.717) is 17.6 Å². The van der Waals surface area contributed by atoms with Gasteiger partial charge < -0.3 is 20.3 Å². The van der Waals surface area contributed by atoms with Crippen LogP contribution < -0.4 is 20.3 Å². The van der Waals surface area contributed by atoms with Crippen molar-refractivity contribution in [3.8, 4) is 6.01 Å². The lowest BCUT2D eigenvalue weighted by Gasteiger charge is -2.15. The number of nitrogens with zero attached hydrogens (tertiary/aromatic N) is 7. The summed E-state index contributed by atoms with van der Waals surface area (Å²) in [7, 11) is 3.75. The molecule has 40 heavy (non-hydrogen) atoms. The molecule has 0 atom stereocenters. The first-order valence-electron chi connectivity index (χ1n) is 13.1. The molecule has 11 heteroatoms. The Balaban J connectivity index is 1.17. The fourth-order valence-electron chi connectivity index (χ4n) is 4.31. The lowest BCUT2D eigenvalue weighted by atomic mass is 10.1. The number of anilines is 4. The highest BCUT2D eigenvalue weighted by Crippen LogP contribution is 2.26. The minimum Gasteiger partial charge on any atom is -0.457 e. The number of aromatic nitrogens is 6. The third kappa shape index (κ3) is 6.58. The van der Waals surface area contributed by atoms with Crippen LogP contribution in [0.4, 0.5) is 23.3 Å². The summed E-state index contributed by atoms with van der Waals surface area (Å²) in [5, 5.41) is 18.3. The van der Waals surface area contributed by atoms with Crippen molar-refractivity contribution >= 4 is 45.6 Å². The summed E-state index contributed by atoms with van der Waals surface area (Å²) in [6.07, 6.45) is 2.75. The van der Waals surface area contributed by atoms with Crippen LogP contribution in [0.25, 0.3) is 10.8 Å². The van der Waals surface area contributed by atoms with Gasteiger partial charge in [0, 0.05) is 49.0 Å². The number of fused-ring (bicyclic) bond motifs is 1. The van der Waals surface area contributed by atoms with Gasteiger partial charge in [-0.2, -0.15) is 15.0 Å². The number of halogens is 1. The largest absolute Gasteiger partial charge is 0.457 e. The van der Waals surface area contributed by atoms with Crippen LogP contribution in [0.3, 0.4) is 0 Å². The van der Waals surface area contributed by atoms with Gasteiger partial charge in [-0.3, -0.25) is 4.68 Å². The number of ether oxygens (including phenoxy) is 1. The standard InChI is InChI=1S/C29H32ClN9O/c1-19-8-5-9-20(2)26(19)32-27-33-28(38(3)4)35-29(34-27)40-18-23-17-39(37-36-23)15-7-14-31-25-11-6-10-21-16-22(30)12-13-24(21)25/h5-6,8-13,16-17,31H,7,14-15,18H2,1-4H3,(H,32,33,34,35). The first kappa shape index (κ1) is 27.1. The first-order valence-corrected chi connectivity index (χ1v) is 13.4. The molecule has 0 unspecified atom stereocenters. The maximum Gasteiger partial charge on any atom is 0.323 e. The van der Waals surface area contributed by atoms with Crippen molar-refractivity contribution in [2.45, 2.75) is 33.4 Å². The van der Waals surface area contributed by atoms with E-state index in [1.54, 1.807) is 0 Å². The lowest BCUT2D eigenvalue weighted by molar-refractivity contribution is 0.276. The molecular formula is C29H32ClN9O. The van der Waals surface area contributed by atoms with Crippen molar-refractivity contribution in [2.75, 3.05) is 36.2 Å². The Morgan fingerprint density at radius 2 is 1.77 bits per heavy atom. The van der Waals surface area contributed by atoms with Crippen LogP contribution in [0.2, 0.25) is 5.02 Å². The molecule has 2 N–H and O–H groups in total. The van der Waals surface area contributed by atoms with E-state index in [2.05, 4.69) is 48.0 Å². The van der Waals surface area contributed by atoms with Crippen LogP contribution in [0.1, 0.15) is 23.2 Å². The quantitative estimate of drug-likeness (QED) is 0.195. The molecule has 5 rings (SSSR count). The Bertz CT molecular complexity index is 1600. The minimum absolute atomic E-state index is 0.191. The molecule has 0 spiro atoms. The van der Waals surface area contributed by atoms with Crippen LogP contribution in [-0.4, -0.2) is 50.6 Å². The summed E-state index contributed by atoms with van der Waals surface area (Å²) >= 11 is 6.13. The number of nitrogens with one attached hydrogen (secondary N) is 2. The Morgan fingerprint density at radius 3 is 2.58 bits per heavy atom. The van der Waals surface area contributed by atoms with Crippen molar-refractivity contribution in [1.29, 1.82) is 0 Å². The molecule has 0 aliphatic rings. The number of aryl methyl sites for hydroxylation is 3. The molecule has 10 nitrogen and oxygen atoms in total. The van der Waals surface area contributed by atoms with Crippen molar-refractivity contribution in [3.63, 3.8) is 0 Å². The van der Waals surface area contributed by atoms with Crippen LogP contribution in [0, 0.1) is 13.8 Å². The summed E-state index contributed by atoms with van der Waals surface area (Å²) in [6, 6.07) is 18.4. The molecule has 0 aliphatic carbocycles. The third-order valence-electron chi connectivity index (χ3n) is 6.38. The molecule has 3 aromatic carbocycles. The second-order valence-corrected chi connectivity index (χ2v) is 10.2. The highest BCUT2D eigenvalue weighted by Gasteiger charge is 2.13. The average molecular weight is 558 g/mol. The van der Waals surface area contributed by atoms with Gasteiger partial charge in [0.1, 0.15) is 12.3 Å². The SMILES string of the molecule is Cc1cccc(C)c1Nc1nc(OCc2cn(CCCNc3cccc4cc(Cl)ccc34)nn2)nc(N(C)C)n1. The maximum atomic E-state index is 6.13. The summed E-state index contributed by atoms with van der Waals surface area (Å²) in [4.78, 5) is 15.2. The van der Waals surface area contributed by atoms with E-state index in [1.165, 1.54) is 0 Å². The minimum atomic E-state index is 0.191. The molecule has 2 heterocycles. The van der Waals surface area contributed by atoms with Gasteiger partial charge in [0.2, 0.25) is 11.9 Å². The zero-order valence-electron chi connectivity index (χ0n) is 23.0. The van der Waals surface area contributed by atoms with Gasteiger partial charge in [-0.25, -0.2) is 0 Å². The highest BCUT2D eigenvalue weighted by molar-refractivity contribution is 6.31. The van der Waals surface area contributed by atoms with E-state index < -0.39 is 0 Å². The fraction of sp³-hybridized carbons (Fsp3) is 0.276. The normalized spacial score (nSPS) is 11.0. The van der Waals surface area contributed by atoms with Crippen LogP contribution in [0.15, 0.2) is 60.8 Å². The second-order valence-electron chi connectivity index (χ2n) is 9.74. The number of hydrogen-bond donors (Lipinski definition) is 2. The predicted octanol–water partition coefficient (Wildman–Crippen LogP) is 5.78. The van der Waals surface area contributed by atoms with Gasteiger partial charge in [-0.05, 0) is 55.0 Å². The van der Waals surface area contributed by atoms with Crippen molar-refractivity contribution in [3.05, 3.63) is 82.6 Å². The molecule has 0 saturated heterocycles. The van der Waals surface area contributed by atoms with Crippen molar-refractivity contribution in [1.82, 2.24) is 29.9 Å². The second kappa shape index (κ2) is 12.2. The summed E-state index contributed by atoms with van der Waals surface area (Å²) < 4.78 is 7.72. The van der Waals surface area contributed by atoms with Crippen molar-refractivity contribution in [2.24, 2.45) is 0 Å². The van der Waals surface area contributed by atoms with E-state index in [1.807, 2.05) is 86.2 Å². The smallest absolute Gasteiger partial charge is 0.323 e. The number of para-hydroxylation sites is 1. The van der Waals surface area contributed by atoms with E-state index >= 15 is 0 Å². The summed E-state index contributed by atoms with van der Waals surface area (Å²) in [5.41, 5.74) is 4.94. The maximum absolute atomic E-state index is 6.13. The van der Waals surface area contributed by atoms with Gasteiger partial charge in [0.15, 0.2) is 0 Å². The third-order valence-corrected chi connectivity index (χ3v) is 6.61. The van der Waals surface area contributed by atoms with Gasteiger partial charge in [-0.15, -0.1) is 5.10 Å². The molecule has 206 valence electrons. The molecular weight excluding hydrogens is 526 g/mol. The lowest BCUT2D eigenvalue weighted by Crippen LogP contribution is -2.15. The molecule has 0 bridgehead atoms. The molecule has 0 amide bonds. The average Bonchev–Trinajstić information content (AvgIpc) is 3.39. The van der Waals surface area contributed by atoms with Gasteiger partial charge in [-0.1, -0.05) is 53.2 Å². The topological polar surface area (TPSA) is 106 Å². The molecule has 0 saturated carbocycles. The Kier molecular flexibility index (Phi) is 8.26. The van der Waals surface area contributed by atoms with E-state index in [-0.39, 0.29) is 12.6 Å².